The molecule has 7 heteroatoms. The summed E-state index contributed by atoms with van der Waals surface area (Å²) in [5.74, 6) is -0.434. The molecule has 0 spiro atoms. The molecule has 0 fully saturated rings. The number of carbonyl (C=O) groups is 1. The maximum Gasteiger partial charge on any atom is 0.287 e. The predicted octanol–water partition coefficient (Wildman–Crippen LogP) is 1.09. The standard InChI is InChI=1S/C6H12NO3PS.H3N/c1-3-5-6(8)7-11(9,12)10-4-2;/h3,5H,4H2,1-2H3,(H2,7,8,9,12);1H3/b5-3+;/t11-;/m0./s1. The van der Waals surface area contributed by atoms with Gasteiger partial charge in [-0.15, -0.1) is 0 Å². The normalized spacial score (nSPS) is 14.7. The zero-order valence-electron chi connectivity index (χ0n) is 7.69. The molecule has 13 heavy (non-hydrogen) atoms. The molecule has 0 saturated heterocycles. The van der Waals surface area contributed by atoms with Gasteiger partial charge in [0, 0.05) is 0 Å². The zero-order valence-corrected chi connectivity index (χ0v) is 9.40. The Morgan fingerprint density at radius 2 is 2.31 bits per heavy atom. The first-order chi connectivity index (χ1) is 5.52. The van der Waals surface area contributed by atoms with Crippen molar-refractivity contribution in [3.05, 3.63) is 12.2 Å². The maximum absolute atomic E-state index is 10.9. The lowest BCUT2D eigenvalue weighted by Crippen LogP contribution is -2.18. The average Bonchev–Trinajstić information content (AvgIpc) is 1.85. The van der Waals surface area contributed by atoms with Gasteiger partial charge in [0.2, 0.25) is 0 Å². The minimum atomic E-state index is -3.10. The molecule has 0 heterocycles. The Morgan fingerprint density at radius 3 is 2.69 bits per heavy atom. The quantitative estimate of drug-likeness (QED) is 0.493. The van der Waals surface area contributed by atoms with E-state index in [1.807, 2.05) is 0 Å². The van der Waals surface area contributed by atoms with E-state index in [2.05, 4.69) is 16.9 Å². The number of hydrogen-bond donors (Lipinski definition) is 3. The summed E-state index contributed by atoms with van der Waals surface area (Å²) in [7, 11) is 0. The summed E-state index contributed by atoms with van der Waals surface area (Å²) in [6.45, 7) is 0.575. The van der Waals surface area contributed by atoms with Crippen molar-refractivity contribution in [3.63, 3.8) is 0 Å². The van der Waals surface area contributed by atoms with Crippen LogP contribution < -0.4 is 11.2 Å². The van der Waals surface area contributed by atoms with Crippen LogP contribution in [0, 0.1) is 0 Å². The van der Waals surface area contributed by atoms with Gasteiger partial charge in [-0.2, -0.15) is 0 Å². The van der Waals surface area contributed by atoms with Gasteiger partial charge in [-0.1, -0.05) is 6.08 Å². The van der Waals surface area contributed by atoms with Crippen LogP contribution in [0.15, 0.2) is 12.2 Å². The number of nitrogens with one attached hydrogen (secondary N) is 1. The van der Waals surface area contributed by atoms with E-state index in [-0.39, 0.29) is 12.8 Å². The van der Waals surface area contributed by atoms with Crippen LogP contribution in [-0.2, 0) is 21.1 Å². The van der Waals surface area contributed by atoms with Crippen molar-refractivity contribution in [2.45, 2.75) is 13.8 Å². The van der Waals surface area contributed by atoms with E-state index >= 15 is 0 Å². The Labute approximate surface area is 83.0 Å². The molecular weight excluding hydrogens is 211 g/mol. The highest BCUT2D eigenvalue weighted by molar-refractivity contribution is 8.08. The molecule has 5 N–H and O–H groups in total. The fourth-order valence-corrected chi connectivity index (χ4v) is 1.89. The molecule has 0 aromatic carbocycles. The summed E-state index contributed by atoms with van der Waals surface area (Å²) in [5, 5.41) is 2.19. The lowest BCUT2D eigenvalue weighted by molar-refractivity contribution is -0.115. The lowest BCUT2D eigenvalue weighted by atomic mass is 10.5. The molecule has 0 aliphatic heterocycles. The molecular formula is C6H15N2O3PS. The Kier molecular flexibility index (Phi) is 8.40. The van der Waals surface area contributed by atoms with E-state index in [1.54, 1.807) is 19.9 Å². The van der Waals surface area contributed by atoms with E-state index < -0.39 is 12.5 Å². The molecule has 0 unspecified atom stereocenters. The summed E-state index contributed by atoms with van der Waals surface area (Å²) in [5.41, 5.74) is 0. The second-order valence-corrected chi connectivity index (χ2v) is 4.92. The fourth-order valence-electron chi connectivity index (χ4n) is 0.535. The van der Waals surface area contributed by atoms with Crippen LogP contribution in [0.3, 0.4) is 0 Å². The molecule has 0 aromatic rings. The zero-order chi connectivity index (χ0) is 9.61. The minimum Gasteiger partial charge on any atom is -0.344 e. The van der Waals surface area contributed by atoms with Gasteiger partial charge in [0.15, 0.2) is 0 Å². The van der Waals surface area contributed by atoms with Gasteiger partial charge in [-0.05, 0) is 31.7 Å². The molecule has 78 valence electrons. The Hall–Kier alpha value is -0.260. The second kappa shape index (κ2) is 7.17. The molecule has 0 rings (SSSR count). The van der Waals surface area contributed by atoms with Crippen molar-refractivity contribution in [1.82, 2.24) is 11.2 Å². The van der Waals surface area contributed by atoms with Crippen LogP contribution in [0.1, 0.15) is 13.8 Å². The summed E-state index contributed by atoms with van der Waals surface area (Å²) in [6, 6.07) is 0. The highest BCUT2D eigenvalue weighted by Crippen LogP contribution is 2.36. The van der Waals surface area contributed by atoms with E-state index in [0.29, 0.717) is 0 Å². The van der Waals surface area contributed by atoms with Crippen LogP contribution in [0.4, 0.5) is 0 Å². The largest absolute Gasteiger partial charge is 0.344 e. The van der Waals surface area contributed by atoms with Crippen molar-refractivity contribution in [2.24, 2.45) is 0 Å². The van der Waals surface area contributed by atoms with Crippen LogP contribution in [0.2, 0.25) is 0 Å². The Bertz CT molecular complexity index is 232. The van der Waals surface area contributed by atoms with Gasteiger partial charge in [-0.25, -0.2) is 0 Å². The van der Waals surface area contributed by atoms with E-state index in [0.717, 1.165) is 0 Å². The fraction of sp³-hybridized carbons (Fsp3) is 0.500. The smallest absolute Gasteiger partial charge is 0.287 e. The van der Waals surface area contributed by atoms with Crippen molar-refractivity contribution in [1.29, 1.82) is 0 Å². The third-order valence-electron chi connectivity index (χ3n) is 0.874. The van der Waals surface area contributed by atoms with Crippen LogP contribution >= 0.6 is 6.64 Å². The monoisotopic (exact) mass is 226 g/mol. The summed E-state index contributed by atoms with van der Waals surface area (Å²) < 4.78 is 4.76. The molecule has 0 saturated carbocycles. The molecule has 1 amide bonds. The molecule has 0 aliphatic carbocycles. The molecule has 0 radical (unpaired) electrons. The second-order valence-electron chi connectivity index (χ2n) is 1.91. The molecule has 0 bridgehead atoms. The Morgan fingerprint density at radius 1 is 1.77 bits per heavy atom. The Balaban J connectivity index is 0. The van der Waals surface area contributed by atoms with E-state index in [4.69, 9.17) is 4.52 Å². The predicted molar refractivity (Wildman–Crippen MR) is 56.1 cm³/mol. The van der Waals surface area contributed by atoms with E-state index in [9.17, 15) is 9.69 Å². The lowest BCUT2D eigenvalue weighted by Gasteiger charge is -2.13. The number of rotatable bonds is 4. The first-order valence-corrected chi connectivity index (χ1v) is 6.11. The van der Waals surface area contributed by atoms with Gasteiger partial charge in [0.1, 0.15) is 0 Å². The van der Waals surface area contributed by atoms with Gasteiger partial charge in [0.25, 0.3) is 12.5 Å². The highest BCUT2D eigenvalue weighted by atomic mass is 32.5. The summed E-state index contributed by atoms with van der Waals surface area (Å²) >= 11 is 4.61. The topological polar surface area (TPSA) is 93.6 Å². The number of carbonyl (C=O) groups excluding carboxylic acids is 1. The maximum atomic E-state index is 10.9. The first-order valence-electron chi connectivity index (χ1n) is 3.44. The summed E-state index contributed by atoms with van der Waals surface area (Å²) in [6.07, 6.45) is 2.83. The third kappa shape index (κ3) is 8.08. The number of amides is 1. The van der Waals surface area contributed by atoms with Crippen molar-refractivity contribution >= 4 is 24.4 Å². The van der Waals surface area contributed by atoms with Gasteiger partial charge >= 0.3 is 0 Å². The molecule has 1 atom stereocenters. The van der Waals surface area contributed by atoms with Crippen LogP contribution in [0.5, 0.6) is 0 Å². The van der Waals surface area contributed by atoms with Crippen LogP contribution in [-0.4, -0.2) is 17.4 Å². The van der Waals surface area contributed by atoms with Crippen molar-refractivity contribution in [3.8, 4) is 0 Å². The van der Waals surface area contributed by atoms with E-state index in [1.165, 1.54) is 6.08 Å². The van der Waals surface area contributed by atoms with Gasteiger partial charge in [0.05, 0.1) is 6.61 Å². The van der Waals surface area contributed by atoms with Crippen molar-refractivity contribution < 1.29 is 14.2 Å². The minimum absolute atomic E-state index is 0. The van der Waals surface area contributed by atoms with Crippen molar-refractivity contribution in [2.75, 3.05) is 6.61 Å². The summed E-state index contributed by atoms with van der Waals surface area (Å²) in [4.78, 5) is 20.1. The van der Waals surface area contributed by atoms with Gasteiger partial charge < -0.3 is 15.6 Å². The highest BCUT2D eigenvalue weighted by Gasteiger charge is 2.13. The third-order valence-corrected chi connectivity index (χ3v) is 2.57. The average molecular weight is 226 g/mol. The SMILES string of the molecule is C/C=C/C(=O)N[P@@](O)(=S)OCC.N. The van der Waals surface area contributed by atoms with Crippen LogP contribution in [0.25, 0.3) is 0 Å². The molecule has 5 nitrogen and oxygen atoms in total. The number of allylic oxidation sites excluding steroid dienone is 1. The first kappa shape index (κ1) is 15.2. The molecule has 0 aliphatic rings. The van der Waals surface area contributed by atoms with Gasteiger partial charge in [-0.3, -0.25) is 9.88 Å². The molecule has 0 aromatic heterocycles. The number of hydrogen-bond acceptors (Lipinski definition) is 4.